The number of nitrogens with zero attached hydrogens (tertiary/aromatic N) is 1. The molecule has 1 heterocycles. The molecular weight excluding hydrogens is 931 g/mol. The van der Waals surface area contributed by atoms with Crippen LogP contribution in [0, 0.1) is 17.8 Å². The molecular formula is C43H69N9O18. The van der Waals surface area contributed by atoms with E-state index in [4.69, 9.17) is 15.9 Å². The number of aliphatic carboxylic acids is 5. The summed E-state index contributed by atoms with van der Waals surface area (Å²) in [5.41, 5.74) is 5.55. The molecule has 1 aliphatic rings. The van der Waals surface area contributed by atoms with Gasteiger partial charge in [-0.05, 0) is 63.2 Å². The van der Waals surface area contributed by atoms with Gasteiger partial charge in [0.2, 0.25) is 47.3 Å². The van der Waals surface area contributed by atoms with Crippen molar-refractivity contribution in [2.45, 2.75) is 167 Å². The Kier molecular flexibility index (Phi) is 25.5. The summed E-state index contributed by atoms with van der Waals surface area (Å²) < 4.78 is 0. The van der Waals surface area contributed by atoms with Gasteiger partial charge in [-0.1, -0.05) is 41.5 Å². The number of hydrogen-bond donors (Lipinski definition) is 13. The Morgan fingerprint density at radius 1 is 0.500 bits per heavy atom. The van der Waals surface area contributed by atoms with Crippen molar-refractivity contribution in [3.63, 3.8) is 0 Å². The predicted molar refractivity (Wildman–Crippen MR) is 242 cm³/mol. The Morgan fingerprint density at radius 2 is 0.914 bits per heavy atom. The first kappa shape index (κ1) is 61.1. The number of rotatable bonds is 31. The van der Waals surface area contributed by atoms with E-state index in [-0.39, 0.29) is 44.1 Å². The van der Waals surface area contributed by atoms with Crippen molar-refractivity contribution in [2.24, 2.45) is 23.5 Å². The van der Waals surface area contributed by atoms with Crippen molar-refractivity contribution < 1.29 is 87.9 Å². The number of carbonyl (C=O) groups is 13. The van der Waals surface area contributed by atoms with Crippen LogP contribution in [-0.4, -0.2) is 168 Å². The molecule has 70 heavy (non-hydrogen) atoms. The molecule has 0 unspecified atom stereocenters. The Balaban J connectivity index is 3.43. The number of nitrogens with one attached hydrogen (secondary N) is 7. The van der Waals surface area contributed by atoms with E-state index < -0.39 is 176 Å². The van der Waals surface area contributed by atoms with Crippen molar-refractivity contribution in [2.75, 3.05) is 6.54 Å². The van der Waals surface area contributed by atoms with E-state index in [0.717, 1.165) is 4.90 Å². The smallest absolute Gasteiger partial charge is 0.326 e. The zero-order valence-electron chi connectivity index (χ0n) is 40.3. The highest BCUT2D eigenvalue weighted by Gasteiger charge is 2.41. The third-order valence-corrected chi connectivity index (χ3v) is 10.7. The molecule has 1 rings (SSSR count). The molecule has 0 aromatic carbocycles. The lowest BCUT2D eigenvalue weighted by atomic mass is 9.98. The maximum Gasteiger partial charge on any atom is 0.326 e. The lowest BCUT2D eigenvalue weighted by Gasteiger charge is -2.31. The first-order valence-corrected chi connectivity index (χ1v) is 22.7. The molecule has 0 spiro atoms. The minimum absolute atomic E-state index is 0.00547. The van der Waals surface area contributed by atoms with Crippen LogP contribution in [0.3, 0.4) is 0 Å². The first-order valence-electron chi connectivity index (χ1n) is 22.7. The summed E-state index contributed by atoms with van der Waals surface area (Å²) in [6, 6.07) is -13.6. The molecule has 0 aliphatic carbocycles. The van der Waals surface area contributed by atoms with E-state index in [1.165, 1.54) is 20.8 Å². The van der Waals surface area contributed by atoms with Gasteiger partial charge in [0.1, 0.15) is 48.3 Å². The average molecular weight is 1000 g/mol. The Labute approximate surface area is 403 Å². The second-order valence-corrected chi connectivity index (χ2v) is 18.2. The van der Waals surface area contributed by atoms with Crippen LogP contribution in [0.2, 0.25) is 0 Å². The first-order chi connectivity index (χ1) is 32.4. The number of carboxylic acids is 5. The molecule has 394 valence electrons. The quantitative estimate of drug-likeness (QED) is 0.0334. The van der Waals surface area contributed by atoms with Gasteiger partial charge >= 0.3 is 29.8 Å². The molecule has 1 saturated heterocycles. The lowest BCUT2D eigenvalue weighted by molar-refractivity contribution is -0.147. The van der Waals surface area contributed by atoms with Gasteiger partial charge in [0.15, 0.2) is 0 Å². The Bertz CT molecular complexity index is 1940. The molecule has 14 N–H and O–H groups in total. The zero-order chi connectivity index (χ0) is 53.7. The Morgan fingerprint density at radius 3 is 1.39 bits per heavy atom. The fraction of sp³-hybridized carbons (Fsp3) is 0.698. The van der Waals surface area contributed by atoms with E-state index in [1.807, 2.05) is 0 Å². The molecule has 9 atom stereocenters. The molecule has 0 radical (unpaired) electrons. The summed E-state index contributed by atoms with van der Waals surface area (Å²) in [6.07, 6.45) is -4.19. The van der Waals surface area contributed by atoms with Crippen LogP contribution in [0.4, 0.5) is 0 Å². The van der Waals surface area contributed by atoms with E-state index >= 15 is 0 Å². The van der Waals surface area contributed by atoms with E-state index in [9.17, 15) is 77.6 Å². The zero-order valence-corrected chi connectivity index (χ0v) is 40.3. The molecule has 27 heteroatoms. The fourth-order valence-electron chi connectivity index (χ4n) is 7.17. The third kappa shape index (κ3) is 21.6. The highest BCUT2D eigenvalue weighted by molar-refractivity contribution is 5.99. The van der Waals surface area contributed by atoms with Crippen LogP contribution >= 0.6 is 0 Å². The van der Waals surface area contributed by atoms with Gasteiger partial charge < -0.3 is 73.4 Å². The number of carbonyl (C=O) groups excluding carboxylic acids is 8. The summed E-state index contributed by atoms with van der Waals surface area (Å²) in [7, 11) is 0. The highest BCUT2D eigenvalue weighted by atomic mass is 16.4. The molecule has 27 nitrogen and oxygen atoms in total. The lowest BCUT2D eigenvalue weighted by Crippen LogP contribution is -2.60. The maximum atomic E-state index is 14.2. The number of amides is 8. The second kappa shape index (κ2) is 29.2. The number of nitrogens with two attached hydrogens (primary N) is 1. The van der Waals surface area contributed by atoms with E-state index in [2.05, 4.69) is 37.2 Å². The minimum atomic E-state index is -1.96. The normalized spacial score (nSPS) is 16.8. The summed E-state index contributed by atoms with van der Waals surface area (Å²) in [5, 5.41) is 63.2. The van der Waals surface area contributed by atoms with Crippen LogP contribution in [-0.2, 0) is 62.3 Å². The standard InChI is InChI=1S/C43H69N9O18/c1-19(2)15-25(37(63)47-26(16-20(3)4)39(65)51-34(21(5)6)41(67)50-28(43(69)70)18-33(59)60)49-40(66)29-9-8-14-52(29)42(68)24(11-13-31(55)56)46-38(64)27(17-32(57)58)48-36(62)23(10-12-30(53)54)45-35(61)22(7)44/h19-29,34H,8-18,44H2,1-7H3,(H,45,61)(H,46,64)(H,47,63)(H,48,62)(H,49,66)(H,50,67)(H,51,65)(H,53,54)(H,55,56)(H,57,58)(H,59,60)(H,69,70)/t22-,23-,24-,25-,26-,27-,28-,29-,34-/m0/s1. The largest absolute Gasteiger partial charge is 0.481 e. The summed E-state index contributed by atoms with van der Waals surface area (Å²) >= 11 is 0. The summed E-state index contributed by atoms with van der Waals surface area (Å²) in [5.74, 6) is -16.5. The summed E-state index contributed by atoms with van der Waals surface area (Å²) in [4.78, 5) is 167. The molecule has 8 amide bonds. The van der Waals surface area contributed by atoms with Crippen LogP contribution in [0.25, 0.3) is 0 Å². The molecule has 0 saturated carbocycles. The highest BCUT2D eigenvalue weighted by Crippen LogP contribution is 2.21. The number of hydrogen-bond acceptors (Lipinski definition) is 14. The predicted octanol–water partition coefficient (Wildman–Crippen LogP) is -2.77. The second-order valence-electron chi connectivity index (χ2n) is 18.2. The fourth-order valence-corrected chi connectivity index (χ4v) is 7.17. The van der Waals surface area contributed by atoms with Gasteiger partial charge in [0.05, 0.1) is 18.9 Å². The average Bonchev–Trinajstić information content (AvgIpc) is 3.73. The van der Waals surface area contributed by atoms with Crippen molar-refractivity contribution in [3.05, 3.63) is 0 Å². The van der Waals surface area contributed by atoms with Crippen molar-refractivity contribution in [1.29, 1.82) is 0 Å². The van der Waals surface area contributed by atoms with Gasteiger partial charge in [0.25, 0.3) is 0 Å². The van der Waals surface area contributed by atoms with Crippen LogP contribution in [0.15, 0.2) is 0 Å². The van der Waals surface area contributed by atoms with Gasteiger partial charge in [-0.15, -0.1) is 0 Å². The minimum Gasteiger partial charge on any atom is -0.481 e. The molecule has 0 bridgehead atoms. The number of likely N-dealkylation sites (tertiary alicyclic amines) is 1. The SMILES string of the molecule is CC(C)C[C@H](NC(=O)[C@H](CC(C)C)NC(=O)[C@@H]1CCCN1C(=O)[C@H](CCC(=O)O)NC(=O)[C@H](CC(=O)O)NC(=O)[C@H](CCC(=O)O)NC(=O)[C@H](C)N)C(=O)N[C@H](C(=O)N[C@@H](CC(=O)O)C(=O)O)C(C)C. The number of carboxylic acid groups (broad SMARTS) is 5. The molecule has 0 aromatic rings. The molecule has 1 fully saturated rings. The van der Waals surface area contributed by atoms with E-state index in [0.29, 0.717) is 0 Å². The summed E-state index contributed by atoms with van der Waals surface area (Å²) in [6.45, 7) is 11.2. The topological polar surface area (TPSA) is 437 Å². The van der Waals surface area contributed by atoms with Crippen LogP contribution < -0.4 is 43.0 Å². The van der Waals surface area contributed by atoms with Crippen molar-refractivity contribution >= 4 is 77.1 Å². The van der Waals surface area contributed by atoms with Gasteiger partial charge in [-0.2, -0.15) is 0 Å². The monoisotopic (exact) mass is 999 g/mol. The van der Waals surface area contributed by atoms with Gasteiger partial charge in [0, 0.05) is 19.4 Å². The van der Waals surface area contributed by atoms with Crippen LogP contribution in [0.5, 0.6) is 0 Å². The maximum absolute atomic E-state index is 14.2. The third-order valence-electron chi connectivity index (χ3n) is 10.7. The Hall–Kier alpha value is -6.93. The molecule has 1 aliphatic heterocycles. The van der Waals surface area contributed by atoms with Crippen molar-refractivity contribution in [1.82, 2.24) is 42.1 Å². The molecule has 0 aromatic heterocycles. The van der Waals surface area contributed by atoms with Crippen molar-refractivity contribution in [3.8, 4) is 0 Å². The van der Waals surface area contributed by atoms with Gasteiger partial charge in [-0.3, -0.25) is 57.5 Å². The van der Waals surface area contributed by atoms with Gasteiger partial charge in [-0.25, -0.2) is 4.79 Å². The van der Waals surface area contributed by atoms with Crippen LogP contribution in [0.1, 0.15) is 113 Å². The van der Waals surface area contributed by atoms with E-state index in [1.54, 1.807) is 27.7 Å².